The van der Waals surface area contributed by atoms with E-state index in [4.69, 9.17) is 18.4 Å². The Balaban J connectivity index is 1.63. The highest BCUT2D eigenvalue weighted by molar-refractivity contribution is 7.86. The molecule has 0 amide bonds. The lowest BCUT2D eigenvalue weighted by Crippen LogP contribution is -2.42. The minimum Gasteiger partial charge on any atom is -0.457 e. The van der Waals surface area contributed by atoms with Crippen LogP contribution in [0.5, 0.6) is 0 Å². The van der Waals surface area contributed by atoms with Gasteiger partial charge in [0.2, 0.25) is 0 Å². The van der Waals surface area contributed by atoms with E-state index in [9.17, 15) is 28.2 Å². The van der Waals surface area contributed by atoms with Crippen LogP contribution in [0.4, 0.5) is 0 Å². The SMILES string of the molecule is CCC(OS(=O)(=O)c1ccc(C)cc1)C(C)C1OC1CC(C)/C=C/C=C(\C)C1OC(=O)CC(O)CCC(C)(O)C(OC(C)=O)/C=C/C1C. The Bertz CT molecular complexity index is 1430. The van der Waals surface area contributed by atoms with Crippen LogP contribution in [-0.2, 0) is 38.1 Å². The second-order valence-electron chi connectivity index (χ2n) is 13.8. The highest BCUT2D eigenvalue weighted by atomic mass is 32.2. The Morgan fingerprint density at radius 2 is 1.83 bits per heavy atom. The summed E-state index contributed by atoms with van der Waals surface area (Å²) in [6.07, 6.45) is 7.29. The second-order valence-corrected chi connectivity index (χ2v) is 15.3. The van der Waals surface area contributed by atoms with Crippen molar-refractivity contribution in [3.63, 3.8) is 0 Å². The Hall–Kier alpha value is -2.83. The number of carbonyl (C=O) groups excluding carboxylic acids is 2. The lowest BCUT2D eigenvalue weighted by Gasteiger charge is -2.32. The summed E-state index contributed by atoms with van der Waals surface area (Å²) in [4.78, 5) is 24.6. The second kappa shape index (κ2) is 17.2. The molecule has 0 saturated carbocycles. The molecule has 3 rings (SSSR count). The van der Waals surface area contributed by atoms with Gasteiger partial charge in [0.25, 0.3) is 10.1 Å². The number of aliphatic hydroxyl groups excluding tert-OH is 1. The number of benzene rings is 1. The van der Waals surface area contributed by atoms with Crippen LogP contribution in [0, 0.1) is 24.7 Å². The van der Waals surface area contributed by atoms with E-state index in [0.29, 0.717) is 6.42 Å². The van der Waals surface area contributed by atoms with Gasteiger partial charge in [-0.1, -0.05) is 69.7 Å². The van der Waals surface area contributed by atoms with E-state index in [2.05, 4.69) is 6.92 Å². The third-order valence-electron chi connectivity index (χ3n) is 9.16. The molecule has 1 fully saturated rings. The molecule has 10 atom stereocenters. The van der Waals surface area contributed by atoms with Crippen LogP contribution < -0.4 is 0 Å². The van der Waals surface area contributed by atoms with Gasteiger partial charge in [0.05, 0.1) is 35.7 Å². The van der Waals surface area contributed by atoms with Crippen molar-refractivity contribution in [3.8, 4) is 0 Å². The zero-order valence-corrected chi connectivity index (χ0v) is 30.3. The van der Waals surface area contributed by atoms with Gasteiger partial charge in [-0.15, -0.1) is 0 Å². The highest BCUT2D eigenvalue weighted by Gasteiger charge is 2.46. The van der Waals surface area contributed by atoms with Crippen molar-refractivity contribution in [2.45, 2.75) is 135 Å². The van der Waals surface area contributed by atoms with Gasteiger partial charge in [-0.3, -0.25) is 13.8 Å². The Morgan fingerprint density at radius 3 is 2.46 bits per heavy atom. The number of cyclic esters (lactones) is 1. The van der Waals surface area contributed by atoms with Crippen LogP contribution in [0.1, 0.15) is 86.1 Å². The third-order valence-corrected chi connectivity index (χ3v) is 10.5. The number of ether oxygens (including phenoxy) is 3. The van der Waals surface area contributed by atoms with Crippen molar-refractivity contribution in [2.75, 3.05) is 0 Å². The molecule has 2 aliphatic rings. The molecule has 48 heavy (non-hydrogen) atoms. The van der Waals surface area contributed by atoms with Crippen LogP contribution in [0.3, 0.4) is 0 Å². The van der Waals surface area contributed by atoms with E-state index in [1.807, 2.05) is 52.8 Å². The summed E-state index contributed by atoms with van der Waals surface area (Å²) >= 11 is 0. The number of aryl methyl sites for hydroxylation is 1. The molecule has 0 radical (unpaired) electrons. The minimum atomic E-state index is -3.90. The first kappa shape index (κ1) is 39.6. The Labute approximate surface area is 286 Å². The number of epoxide rings is 1. The van der Waals surface area contributed by atoms with E-state index in [-0.39, 0.29) is 54.1 Å². The van der Waals surface area contributed by atoms with Crippen molar-refractivity contribution in [1.82, 2.24) is 0 Å². The summed E-state index contributed by atoms with van der Waals surface area (Å²) in [6, 6.07) is 6.61. The fourth-order valence-corrected chi connectivity index (χ4v) is 7.25. The maximum absolute atomic E-state index is 12.9. The van der Waals surface area contributed by atoms with Gasteiger partial charge in [0.1, 0.15) is 17.8 Å². The van der Waals surface area contributed by atoms with Crippen LogP contribution in [-0.4, -0.2) is 72.8 Å². The molecule has 0 aromatic heterocycles. The zero-order chi connectivity index (χ0) is 35.8. The van der Waals surface area contributed by atoms with Crippen molar-refractivity contribution in [1.29, 1.82) is 0 Å². The van der Waals surface area contributed by atoms with Crippen LogP contribution in [0.2, 0.25) is 0 Å². The number of hydrogen-bond acceptors (Lipinski definition) is 10. The topological polar surface area (TPSA) is 149 Å². The fraction of sp³-hybridized carbons (Fsp3) is 0.622. The number of rotatable bonds is 12. The zero-order valence-electron chi connectivity index (χ0n) is 29.5. The van der Waals surface area contributed by atoms with Gasteiger partial charge < -0.3 is 24.4 Å². The smallest absolute Gasteiger partial charge is 0.309 e. The molecule has 11 heteroatoms. The van der Waals surface area contributed by atoms with Gasteiger partial charge >= 0.3 is 11.9 Å². The van der Waals surface area contributed by atoms with Crippen molar-refractivity contribution < 1.29 is 46.6 Å². The summed E-state index contributed by atoms with van der Waals surface area (Å²) in [5.41, 5.74) is 0.311. The quantitative estimate of drug-likeness (QED) is 0.0914. The molecular formula is C37H54O10S. The van der Waals surface area contributed by atoms with Gasteiger partial charge in [0, 0.05) is 18.8 Å². The van der Waals surface area contributed by atoms with Crippen LogP contribution in [0.25, 0.3) is 0 Å². The summed E-state index contributed by atoms with van der Waals surface area (Å²) in [7, 11) is -3.90. The molecule has 2 aliphatic heterocycles. The van der Waals surface area contributed by atoms with Crippen molar-refractivity contribution in [3.05, 3.63) is 65.8 Å². The van der Waals surface area contributed by atoms with Gasteiger partial charge in [-0.2, -0.15) is 8.42 Å². The van der Waals surface area contributed by atoms with Crippen molar-refractivity contribution >= 4 is 22.1 Å². The van der Waals surface area contributed by atoms with E-state index in [0.717, 1.165) is 17.6 Å². The van der Waals surface area contributed by atoms with Crippen LogP contribution in [0.15, 0.2) is 65.1 Å². The third kappa shape index (κ3) is 11.7. The van der Waals surface area contributed by atoms with Gasteiger partial charge in [-0.25, -0.2) is 0 Å². The van der Waals surface area contributed by atoms with Crippen molar-refractivity contribution in [2.24, 2.45) is 17.8 Å². The van der Waals surface area contributed by atoms with Gasteiger partial charge in [0.15, 0.2) is 0 Å². The molecule has 10 unspecified atom stereocenters. The maximum atomic E-state index is 12.9. The lowest BCUT2D eigenvalue weighted by molar-refractivity contribution is -0.157. The first-order chi connectivity index (χ1) is 22.4. The van der Waals surface area contributed by atoms with E-state index in [1.165, 1.54) is 6.92 Å². The minimum absolute atomic E-state index is 0.0179. The van der Waals surface area contributed by atoms with E-state index in [1.54, 1.807) is 43.3 Å². The average Bonchev–Trinajstić information content (AvgIpc) is 3.77. The standard InChI is InChI=1S/C37H54O10S/c1-9-31(47-48(42,43)30-16-13-23(2)14-17-30)27(6)36-32(45-36)21-24(3)11-10-12-25(4)35-26(5)15-18-33(44-28(7)38)37(8,41)20-19-29(39)22-34(40)46-35/h10-18,24,26-27,29,31-33,35-36,39,41H,9,19-22H2,1-8H3/b11-10+,18-15+,25-12+. The molecule has 268 valence electrons. The van der Waals surface area contributed by atoms with E-state index >= 15 is 0 Å². The fourth-order valence-electron chi connectivity index (χ4n) is 6.04. The normalized spacial score (nSPS) is 31.5. The highest BCUT2D eigenvalue weighted by Crippen LogP contribution is 2.38. The maximum Gasteiger partial charge on any atom is 0.309 e. The molecular weight excluding hydrogens is 636 g/mol. The number of hydrogen-bond donors (Lipinski definition) is 2. The number of allylic oxidation sites excluding steroid dienone is 3. The molecule has 1 aromatic carbocycles. The molecule has 1 saturated heterocycles. The summed E-state index contributed by atoms with van der Waals surface area (Å²) < 4.78 is 48.6. The Kier molecular flexibility index (Phi) is 14.2. The Morgan fingerprint density at radius 1 is 1.17 bits per heavy atom. The largest absolute Gasteiger partial charge is 0.457 e. The number of carbonyl (C=O) groups is 2. The van der Waals surface area contributed by atoms with E-state index < -0.39 is 52.1 Å². The molecule has 0 aliphatic carbocycles. The monoisotopic (exact) mass is 690 g/mol. The first-order valence-electron chi connectivity index (χ1n) is 16.9. The molecule has 0 spiro atoms. The molecule has 2 N–H and O–H groups in total. The van der Waals surface area contributed by atoms with Gasteiger partial charge in [-0.05, 0) is 76.2 Å². The predicted molar refractivity (Wildman–Crippen MR) is 182 cm³/mol. The molecule has 0 bridgehead atoms. The number of esters is 2. The lowest BCUT2D eigenvalue weighted by atomic mass is 9.88. The summed E-state index contributed by atoms with van der Waals surface area (Å²) in [5, 5.41) is 21.4. The predicted octanol–water partition coefficient (Wildman–Crippen LogP) is 5.74. The summed E-state index contributed by atoms with van der Waals surface area (Å²) in [6.45, 7) is 14.4. The average molecular weight is 691 g/mol. The first-order valence-corrected chi connectivity index (χ1v) is 18.3. The molecule has 10 nitrogen and oxygen atoms in total. The van der Waals surface area contributed by atoms with Crippen LogP contribution >= 0.6 is 0 Å². The molecule has 1 aromatic rings. The molecule has 2 heterocycles. The number of aliphatic hydroxyl groups is 2. The summed E-state index contributed by atoms with van der Waals surface area (Å²) in [5.74, 6) is -1.38.